The lowest BCUT2D eigenvalue weighted by atomic mass is 10.4. The summed E-state index contributed by atoms with van der Waals surface area (Å²) < 4.78 is 5.54. The maximum Gasteiger partial charge on any atom is 0.307 e. The van der Waals surface area contributed by atoms with E-state index in [4.69, 9.17) is 16.7 Å². The molecule has 0 aliphatic heterocycles. The zero-order valence-corrected chi connectivity index (χ0v) is 10.6. The summed E-state index contributed by atoms with van der Waals surface area (Å²) >= 11 is 5.85. The zero-order chi connectivity index (χ0) is 13.5. The van der Waals surface area contributed by atoms with E-state index in [1.807, 2.05) is 0 Å². The maximum atomic E-state index is 11.7. The molecule has 8 heteroatoms. The van der Waals surface area contributed by atoms with Crippen LogP contribution >= 0.6 is 11.6 Å². The molecule has 2 N–H and O–H groups in total. The molecule has 0 saturated carbocycles. The van der Waals surface area contributed by atoms with E-state index >= 15 is 0 Å². The SMILES string of the molecule is COC(=O)CCNc1cnn(CCO)c(=O)c1Cl. The van der Waals surface area contributed by atoms with Gasteiger partial charge in [-0.15, -0.1) is 0 Å². The number of carbonyl (C=O) groups is 1. The van der Waals surface area contributed by atoms with E-state index in [2.05, 4.69) is 15.2 Å². The van der Waals surface area contributed by atoms with Gasteiger partial charge in [0.15, 0.2) is 0 Å². The molecule has 0 aliphatic carbocycles. The number of esters is 1. The lowest BCUT2D eigenvalue weighted by Gasteiger charge is -2.09. The standard InChI is InChI=1S/C10H14ClN3O4/c1-18-8(16)2-3-12-7-6-13-14(4-5-15)10(17)9(7)11/h6,12,15H,2-5H2,1H3. The molecule has 0 spiro atoms. The first kappa shape index (κ1) is 14.5. The van der Waals surface area contributed by atoms with E-state index in [1.54, 1.807) is 0 Å². The van der Waals surface area contributed by atoms with Crippen molar-refractivity contribution in [1.82, 2.24) is 9.78 Å². The van der Waals surface area contributed by atoms with Gasteiger partial charge in [-0.25, -0.2) is 4.68 Å². The van der Waals surface area contributed by atoms with Gasteiger partial charge in [0.1, 0.15) is 5.02 Å². The molecule has 0 bridgehead atoms. The Labute approximate surface area is 108 Å². The maximum absolute atomic E-state index is 11.7. The van der Waals surface area contributed by atoms with E-state index in [-0.39, 0.29) is 37.1 Å². The Morgan fingerprint density at radius 1 is 1.67 bits per heavy atom. The number of aliphatic hydroxyl groups is 1. The first-order chi connectivity index (χ1) is 8.60. The number of hydrogen-bond acceptors (Lipinski definition) is 6. The van der Waals surface area contributed by atoms with E-state index in [1.165, 1.54) is 13.3 Å². The normalized spacial score (nSPS) is 10.2. The highest BCUT2D eigenvalue weighted by atomic mass is 35.5. The summed E-state index contributed by atoms with van der Waals surface area (Å²) in [4.78, 5) is 22.5. The third kappa shape index (κ3) is 3.71. The van der Waals surface area contributed by atoms with Crippen molar-refractivity contribution in [3.05, 3.63) is 21.6 Å². The number of methoxy groups -OCH3 is 1. The molecule has 1 heterocycles. The number of rotatable bonds is 6. The topological polar surface area (TPSA) is 93.4 Å². The molecule has 1 rings (SSSR count). The summed E-state index contributed by atoms with van der Waals surface area (Å²) in [7, 11) is 1.30. The Hall–Kier alpha value is -1.60. The van der Waals surface area contributed by atoms with Gasteiger partial charge in [-0.05, 0) is 0 Å². The zero-order valence-electron chi connectivity index (χ0n) is 9.85. The van der Waals surface area contributed by atoms with Crippen LogP contribution in [0, 0.1) is 0 Å². The van der Waals surface area contributed by atoms with Crippen molar-refractivity contribution in [1.29, 1.82) is 0 Å². The van der Waals surface area contributed by atoms with E-state index < -0.39 is 5.56 Å². The summed E-state index contributed by atoms with van der Waals surface area (Å²) in [5.74, 6) is -0.361. The van der Waals surface area contributed by atoms with Gasteiger partial charge in [0, 0.05) is 6.54 Å². The van der Waals surface area contributed by atoms with Crippen molar-refractivity contribution in [2.75, 3.05) is 25.6 Å². The molecule has 0 atom stereocenters. The van der Waals surface area contributed by atoms with E-state index in [0.29, 0.717) is 5.69 Å². The van der Waals surface area contributed by atoms with Gasteiger partial charge in [0.25, 0.3) is 5.56 Å². The number of nitrogens with zero attached hydrogens (tertiary/aromatic N) is 2. The Balaban J connectivity index is 2.70. The predicted molar refractivity (Wildman–Crippen MR) is 65.7 cm³/mol. The minimum Gasteiger partial charge on any atom is -0.469 e. The third-order valence-electron chi connectivity index (χ3n) is 2.17. The minimum absolute atomic E-state index is 0.0247. The van der Waals surface area contributed by atoms with E-state index in [9.17, 15) is 9.59 Å². The van der Waals surface area contributed by atoms with Gasteiger partial charge in [0.2, 0.25) is 0 Å². The number of nitrogens with one attached hydrogen (secondary N) is 1. The summed E-state index contributed by atoms with van der Waals surface area (Å²) in [5, 5.41) is 15.3. The van der Waals surface area contributed by atoms with Crippen LogP contribution in [0.3, 0.4) is 0 Å². The van der Waals surface area contributed by atoms with Crippen molar-refractivity contribution in [3.63, 3.8) is 0 Å². The van der Waals surface area contributed by atoms with Gasteiger partial charge in [0.05, 0.1) is 38.6 Å². The second-order valence-electron chi connectivity index (χ2n) is 3.38. The highest BCUT2D eigenvalue weighted by Gasteiger charge is 2.09. The van der Waals surface area contributed by atoms with Crippen LogP contribution in [-0.2, 0) is 16.1 Å². The summed E-state index contributed by atoms with van der Waals surface area (Å²) in [6.07, 6.45) is 1.53. The van der Waals surface area contributed by atoms with Crippen LogP contribution in [0.2, 0.25) is 5.02 Å². The highest BCUT2D eigenvalue weighted by molar-refractivity contribution is 6.32. The molecule has 1 aromatic heterocycles. The summed E-state index contributed by atoms with van der Waals surface area (Å²) in [6.45, 7) is 0.177. The number of halogens is 1. The highest BCUT2D eigenvalue weighted by Crippen LogP contribution is 2.14. The lowest BCUT2D eigenvalue weighted by molar-refractivity contribution is -0.140. The molecule has 1 aromatic rings. The van der Waals surface area contributed by atoms with Crippen molar-refractivity contribution in [3.8, 4) is 0 Å². The summed E-state index contributed by atoms with van der Waals surface area (Å²) in [6, 6.07) is 0. The van der Waals surface area contributed by atoms with Crippen LogP contribution < -0.4 is 10.9 Å². The van der Waals surface area contributed by atoms with Crippen LogP contribution in [0.15, 0.2) is 11.0 Å². The summed E-state index contributed by atoms with van der Waals surface area (Å²) in [5.41, 5.74) is -0.145. The molecular weight excluding hydrogens is 262 g/mol. The first-order valence-electron chi connectivity index (χ1n) is 5.27. The third-order valence-corrected chi connectivity index (χ3v) is 2.53. The van der Waals surface area contributed by atoms with Gasteiger partial charge < -0.3 is 15.2 Å². The van der Waals surface area contributed by atoms with Gasteiger partial charge in [-0.1, -0.05) is 11.6 Å². The quantitative estimate of drug-likeness (QED) is 0.702. The molecule has 0 aromatic carbocycles. The fourth-order valence-corrected chi connectivity index (χ4v) is 1.46. The molecule has 0 radical (unpaired) electrons. The number of anilines is 1. The fourth-order valence-electron chi connectivity index (χ4n) is 1.24. The minimum atomic E-state index is -0.492. The largest absolute Gasteiger partial charge is 0.469 e. The second-order valence-corrected chi connectivity index (χ2v) is 3.76. The first-order valence-corrected chi connectivity index (χ1v) is 5.65. The molecule has 0 saturated heterocycles. The molecule has 0 amide bonds. The average molecular weight is 276 g/mol. The van der Waals surface area contributed by atoms with Crippen molar-refractivity contribution >= 4 is 23.3 Å². The number of aliphatic hydroxyl groups excluding tert-OH is 1. The number of hydrogen-bond donors (Lipinski definition) is 2. The Bertz CT molecular complexity index is 475. The average Bonchev–Trinajstić information content (AvgIpc) is 2.37. The Kier molecular flexibility index (Phi) is 5.60. The van der Waals surface area contributed by atoms with Gasteiger partial charge >= 0.3 is 5.97 Å². The number of ether oxygens (including phenoxy) is 1. The van der Waals surface area contributed by atoms with Crippen LogP contribution in [0.4, 0.5) is 5.69 Å². The van der Waals surface area contributed by atoms with Gasteiger partial charge in [-0.2, -0.15) is 5.10 Å². The molecule has 0 fully saturated rings. The van der Waals surface area contributed by atoms with Crippen molar-refractivity contribution < 1.29 is 14.6 Å². The molecule has 100 valence electrons. The van der Waals surface area contributed by atoms with Crippen molar-refractivity contribution in [2.45, 2.75) is 13.0 Å². The lowest BCUT2D eigenvalue weighted by Crippen LogP contribution is -2.25. The second kappa shape index (κ2) is 6.97. The van der Waals surface area contributed by atoms with Crippen LogP contribution in [0.25, 0.3) is 0 Å². The molecule has 18 heavy (non-hydrogen) atoms. The van der Waals surface area contributed by atoms with Crippen LogP contribution in [0.5, 0.6) is 0 Å². The molecular formula is C10H14ClN3O4. The van der Waals surface area contributed by atoms with E-state index in [0.717, 1.165) is 4.68 Å². The monoisotopic (exact) mass is 275 g/mol. The number of aromatic nitrogens is 2. The Morgan fingerprint density at radius 3 is 3.00 bits per heavy atom. The van der Waals surface area contributed by atoms with Crippen LogP contribution in [-0.4, -0.2) is 41.1 Å². The Morgan fingerprint density at radius 2 is 2.39 bits per heavy atom. The molecule has 0 aliphatic rings. The predicted octanol–water partition coefficient (Wildman–Crippen LogP) is -0.136. The van der Waals surface area contributed by atoms with Crippen LogP contribution in [0.1, 0.15) is 6.42 Å². The smallest absolute Gasteiger partial charge is 0.307 e. The van der Waals surface area contributed by atoms with Crippen molar-refractivity contribution in [2.24, 2.45) is 0 Å². The molecule has 0 unspecified atom stereocenters. The van der Waals surface area contributed by atoms with Gasteiger partial charge in [-0.3, -0.25) is 9.59 Å². The number of carbonyl (C=O) groups excluding carboxylic acids is 1. The molecule has 7 nitrogen and oxygen atoms in total. The fraction of sp³-hybridized carbons (Fsp3) is 0.500.